The maximum Gasteiger partial charge on any atom is 0.129 e. The van der Waals surface area contributed by atoms with Crippen molar-refractivity contribution in [3.8, 4) is 5.75 Å². The summed E-state index contributed by atoms with van der Waals surface area (Å²) < 4.78 is 21.3. The summed E-state index contributed by atoms with van der Waals surface area (Å²) in [5.74, 6) is 0.545. The van der Waals surface area contributed by atoms with E-state index in [0.717, 1.165) is 20.3 Å². The monoisotopic (exact) mass is 415 g/mol. The molecule has 5 heteroatoms. The van der Waals surface area contributed by atoms with Crippen molar-refractivity contribution in [2.75, 3.05) is 13.7 Å². The number of hydrogen-bond donors (Lipinski definition) is 1. The molecular weight excluding hydrogens is 401 g/mol. The maximum absolute atomic E-state index is 14.2. The van der Waals surface area contributed by atoms with Gasteiger partial charge in [0.25, 0.3) is 0 Å². The third-order valence-electron chi connectivity index (χ3n) is 3.16. The Kier molecular flexibility index (Phi) is 5.79. The van der Waals surface area contributed by atoms with Crippen molar-refractivity contribution < 1.29 is 9.13 Å². The Bertz CT molecular complexity index is 634. The standard InChI is InChI=1S/C16H16Br2FNO/c1-3-21-11-5-7-12(14(18)9-11)16(20-2)13-6-4-10(17)8-15(13)19/h4-9,16,20H,3H2,1-2H3. The van der Waals surface area contributed by atoms with Gasteiger partial charge in [0.15, 0.2) is 0 Å². The van der Waals surface area contributed by atoms with Crippen molar-refractivity contribution in [3.63, 3.8) is 0 Å². The van der Waals surface area contributed by atoms with E-state index >= 15 is 0 Å². The zero-order chi connectivity index (χ0) is 15.4. The molecule has 0 saturated heterocycles. The van der Waals surface area contributed by atoms with Crippen LogP contribution in [0.2, 0.25) is 0 Å². The first-order valence-electron chi connectivity index (χ1n) is 6.61. The zero-order valence-electron chi connectivity index (χ0n) is 11.8. The van der Waals surface area contributed by atoms with Crippen molar-refractivity contribution in [1.82, 2.24) is 5.32 Å². The van der Waals surface area contributed by atoms with Crippen LogP contribution in [0.5, 0.6) is 5.75 Å². The summed E-state index contributed by atoms with van der Waals surface area (Å²) in [7, 11) is 1.81. The van der Waals surface area contributed by atoms with Gasteiger partial charge in [-0.3, -0.25) is 0 Å². The van der Waals surface area contributed by atoms with Gasteiger partial charge in [-0.15, -0.1) is 0 Å². The highest BCUT2D eigenvalue weighted by atomic mass is 79.9. The van der Waals surface area contributed by atoms with Crippen molar-refractivity contribution in [1.29, 1.82) is 0 Å². The summed E-state index contributed by atoms with van der Waals surface area (Å²) >= 11 is 6.82. The minimum atomic E-state index is -0.246. The molecule has 0 saturated carbocycles. The number of benzene rings is 2. The van der Waals surface area contributed by atoms with Crippen LogP contribution in [0.3, 0.4) is 0 Å². The minimum absolute atomic E-state index is 0.233. The summed E-state index contributed by atoms with van der Waals surface area (Å²) in [6, 6.07) is 10.6. The molecule has 2 aromatic carbocycles. The SMILES string of the molecule is CCOc1ccc(C(NC)c2ccc(Br)cc2F)c(Br)c1. The molecule has 0 radical (unpaired) electrons. The lowest BCUT2D eigenvalue weighted by Gasteiger charge is -2.20. The summed E-state index contributed by atoms with van der Waals surface area (Å²) in [6.07, 6.45) is 0. The van der Waals surface area contributed by atoms with Crippen LogP contribution >= 0.6 is 31.9 Å². The van der Waals surface area contributed by atoms with Gasteiger partial charge in [-0.2, -0.15) is 0 Å². The average molecular weight is 417 g/mol. The molecule has 0 bridgehead atoms. The highest BCUT2D eigenvalue weighted by molar-refractivity contribution is 9.10. The van der Waals surface area contributed by atoms with Gasteiger partial charge in [-0.1, -0.05) is 44.0 Å². The largest absolute Gasteiger partial charge is 0.494 e. The molecule has 1 atom stereocenters. The van der Waals surface area contributed by atoms with Crippen molar-refractivity contribution >= 4 is 31.9 Å². The van der Waals surface area contributed by atoms with E-state index in [1.54, 1.807) is 6.07 Å². The second kappa shape index (κ2) is 7.38. The summed E-state index contributed by atoms with van der Waals surface area (Å²) in [6.45, 7) is 2.55. The van der Waals surface area contributed by atoms with Gasteiger partial charge in [0.2, 0.25) is 0 Å². The third kappa shape index (κ3) is 3.84. The normalized spacial score (nSPS) is 12.2. The number of halogens is 3. The van der Waals surface area contributed by atoms with Crippen LogP contribution in [-0.4, -0.2) is 13.7 Å². The zero-order valence-corrected chi connectivity index (χ0v) is 15.0. The average Bonchev–Trinajstić information content (AvgIpc) is 2.44. The molecule has 2 rings (SSSR count). The molecule has 0 heterocycles. The van der Waals surface area contributed by atoms with Crippen LogP contribution in [0.1, 0.15) is 24.1 Å². The Morgan fingerprint density at radius 3 is 2.43 bits per heavy atom. The Balaban J connectivity index is 2.41. The molecule has 0 aliphatic rings. The third-order valence-corrected chi connectivity index (χ3v) is 4.34. The molecule has 0 amide bonds. The first-order chi connectivity index (χ1) is 10.1. The Morgan fingerprint density at radius 1 is 1.14 bits per heavy atom. The smallest absolute Gasteiger partial charge is 0.129 e. The Morgan fingerprint density at radius 2 is 1.86 bits per heavy atom. The fraction of sp³-hybridized carbons (Fsp3) is 0.250. The molecule has 0 fully saturated rings. The molecule has 1 unspecified atom stereocenters. The lowest BCUT2D eigenvalue weighted by atomic mass is 9.98. The lowest BCUT2D eigenvalue weighted by molar-refractivity contribution is 0.340. The van der Waals surface area contributed by atoms with E-state index in [9.17, 15) is 4.39 Å². The second-order valence-corrected chi connectivity index (χ2v) is 6.27. The highest BCUT2D eigenvalue weighted by Crippen LogP contribution is 2.33. The highest BCUT2D eigenvalue weighted by Gasteiger charge is 2.19. The minimum Gasteiger partial charge on any atom is -0.494 e. The molecule has 0 aliphatic carbocycles. The van der Waals surface area contributed by atoms with Crippen molar-refractivity contribution in [2.45, 2.75) is 13.0 Å². The Hall–Kier alpha value is -0.910. The maximum atomic E-state index is 14.2. The van der Waals surface area contributed by atoms with Crippen molar-refractivity contribution in [3.05, 3.63) is 62.3 Å². The molecule has 2 nitrogen and oxygen atoms in total. The predicted octanol–water partition coefficient (Wildman–Crippen LogP) is 5.06. The summed E-state index contributed by atoms with van der Waals surface area (Å²) in [5.41, 5.74) is 1.56. The van der Waals surface area contributed by atoms with E-state index in [1.165, 1.54) is 6.07 Å². The van der Waals surface area contributed by atoms with Crippen LogP contribution in [0.25, 0.3) is 0 Å². The van der Waals surface area contributed by atoms with E-state index in [0.29, 0.717) is 12.2 Å². The van der Waals surface area contributed by atoms with E-state index in [4.69, 9.17) is 4.74 Å². The molecule has 112 valence electrons. The lowest BCUT2D eigenvalue weighted by Crippen LogP contribution is -2.19. The number of nitrogens with one attached hydrogen (secondary N) is 1. The first-order valence-corrected chi connectivity index (χ1v) is 8.19. The molecule has 21 heavy (non-hydrogen) atoms. The molecule has 0 aromatic heterocycles. The van der Waals surface area contributed by atoms with Gasteiger partial charge in [0.1, 0.15) is 11.6 Å². The predicted molar refractivity (Wildman–Crippen MR) is 90.3 cm³/mol. The van der Waals surface area contributed by atoms with Crippen LogP contribution in [0, 0.1) is 5.82 Å². The van der Waals surface area contributed by atoms with Crippen LogP contribution < -0.4 is 10.1 Å². The number of hydrogen-bond acceptors (Lipinski definition) is 2. The van der Waals surface area contributed by atoms with Gasteiger partial charge in [-0.05, 0) is 43.8 Å². The van der Waals surface area contributed by atoms with Gasteiger partial charge in [0, 0.05) is 14.5 Å². The topological polar surface area (TPSA) is 21.3 Å². The van der Waals surface area contributed by atoms with Gasteiger partial charge >= 0.3 is 0 Å². The molecule has 2 aromatic rings. The summed E-state index contributed by atoms with van der Waals surface area (Å²) in [5, 5.41) is 3.16. The van der Waals surface area contributed by atoms with Gasteiger partial charge in [-0.25, -0.2) is 4.39 Å². The molecular formula is C16H16Br2FNO. The van der Waals surface area contributed by atoms with Gasteiger partial charge in [0.05, 0.1) is 12.6 Å². The van der Waals surface area contributed by atoms with Crippen LogP contribution in [-0.2, 0) is 0 Å². The van der Waals surface area contributed by atoms with E-state index in [1.807, 2.05) is 38.2 Å². The molecule has 0 spiro atoms. The summed E-state index contributed by atoms with van der Waals surface area (Å²) in [4.78, 5) is 0. The van der Waals surface area contributed by atoms with Crippen LogP contribution in [0.4, 0.5) is 4.39 Å². The second-order valence-electron chi connectivity index (χ2n) is 4.50. The van der Waals surface area contributed by atoms with Crippen LogP contribution in [0.15, 0.2) is 45.3 Å². The molecule has 0 aliphatic heterocycles. The fourth-order valence-corrected chi connectivity index (χ4v) is 3.13. The number of ether oxygens (including phenoxy) is 1. The van der Waals surface area contributed by atoms with Crippen molar-refractivity contribution in [2.24, 2.45) is 0 Å². The molecule has 1 N–H and O–H groups in total. The first kappa shape index (κ1) is 16.5. The van der Waals surface area contributed by atoms with E-state index in [2.05, 4.69) is 37.2 Å². The van der Waals surface area contributed by atoms with Gasteiger partial charge < -0.3 is 10.1 Å². The van der Waals surface area contributed by atoms with E-state index in [-0.39, 0.29) is 11.9 Å². The fourth-order valence-electron chi connectivity index (χ4n) is 2.21. The number of rotatable bonds is 5. The quantitative estimate of drug-likeness (QED) is 0.735. The Labute approximate surface area is 141 Å². The van der Waals surface area contributed by atoms with E-state index < -0.39 is 0 Å².